The van der Waals surface area contributed by atoms with Gasteiger partial charge >= 0.3 is 12.0 Å². The molecule has 4 heterocycles. The molecule has 2 aliphatic heterocycles. The van der Waals surface area contributed by atoms with Gasteiger partial charge in [-0.25, -0.2) is 14.4 Å². The number of alkyl halides is 3. The van der Waals surface area contributed by atoms with Crippen LogP contribution in [0.3, 0.4) is 0 Å². The molecule has 3 aromatic rings. The molecule has 2 aromatic heterocycles. The fourth-order valence-corrected chi connectivity index (χ4v) is 4.38. The molecule has 0 radical (unpaired) electrons. The van der Waals surface area contributed by atoms with E-state index >= 15 is 0 Å². The van der Waals surface area contributed by atoms with Gasteiger partial charge in [-0.15, -0.1) is 4.68 Å². The minimum Gasteiger partial charge on any atom is -0.364 e. The summed E-state index contributed by atoms with van der Waals surface area (Å²) in [6.45, 7) is 1.50. The highest BCUT2D eigenvalue weighted by molar-refractivity contribution is 6.13. The van der Waals surface area contributed by atoms with Gasteiger partial charge in [0.1, 0.15) is 30.7 Å². The Labute approximate surface area is 224 Å². The zero-order chi connectivity index (χ0) is 28.8. The van der Waals surface area contributed by atoms with Gasteiger partial charge in [-0.2, -0.15) is 17.9 Å². The fourth-order valence-electron chi connectivity index (χ4n) is 4.38. The van der Waals surface area contributed by atoms with E-state index in [1.807, 2.05) is 18.8 Å². The quantitative estimate of drug-likeness (QED) is 0.0990. The van der Waals surface area contributed by atoms with E-state index in [9.17, 15) is 32.5 Å². The summed E-state index contributed by atoms with van der Waals surface area (Å²) in [7, 11) is 3.79. The van der Waals surface area contributed by atoms with Gasteiger partial charge in [-0.05, 0) is 35.3 Å². The van der Waals surface area contributed by atoms with Gasteiger partial charge in [0.25, 0.3) is 0 Å². The molecular weight excluding hydrogens is 538 g/mol. The number of halogens is 4. The Morgan fingerprint density at radius 1 is 1.27 bits per heavy atom. The van der Waals surface area contributed by atoms with Crippen molar-refractivity contribution in [1.29, 1.82) is 0 Å². The average molecular weight is 563 g/mol. The number of nitrogens with one attached hydrogen (secondary N) is 3. The Hall–Kier alpha value is -4.73. The van der Waals surface area contributed by atoms with E-state index in [0.29, 0.717) is 47.3 Å². The average Bonchev–Trinajstić information content (AvgIpc) is 3.56. The number of aromatic nitrogens is 3. The van der Waals surface area contributed by atoms with Gasteiger partial charge in [0.15, 0.2) is 0 Å². The van der Waals surface area contributed by atoms with Crippen LogP contribution in [-0.2, 0) is 24.2 Å². The summed E-state index contributed by atoms with van der Waals surface area (Å²) in [5, 5.41) is 19.6. The number of quaternary nitrogens is 1. The van der Waals surface area contributed by atoms with Crippen LogP contribution in [0.25, 0.3) is 0 Å². The molecule has 0 saturated carbocycles. The summed E-state index contributed by atoms with van der Waals surface area (Å²) < 4.78 is 56.8. The number of nitrogens with zero attached hydrogens (tertiary/aromatic N) is 6. The van der Waals surface area contributed by atoms with Crippen LogP contribution in [0.4, 0.5) is 40.6 Å². The summed E-state index contributed by atoms with van der Waals surface area (Å²) in [6.07, 6.45) is -0.424. The molecule has 0 aliphatic carbocycles. The van der Waals surface area contributed by atoms with Gasteiger partial charge in [0, 0.05) is 17.3 Å². The number of amidine groups is 1. The second kappa shape index (κ2) is 9.78. The number of aliphatic imine (C=N–C) groups is 1. The number of fused-ring (bicyclic) bond motifs is 2. The van der Waals surface area contributed by atoms with Crippen molar-refractivity contribution in [2.45, 2.75) is 19.4 Å². The normalized spacial score (nSPS) is 14.3. The van der Waals surface area contributed by atoms with E-state index in [-0.39, 0.29) is 29.8 Å². The predicted octanol–water partition coefficient (Wildman–Crippen LogP) is 3.58. The van der Waals surface area contributed by atoms with Crippen molar-refractivity contribution < 1.29 is 31.8 Å². The van der Waals surface area contributed by atoms with Crippen molar-refractivity contribution in [2.75, 3.05) is 43.3 Å². The van der Waals surface area contributed by atoms with Crippen LogP contribution in [0, 0.1) is 15.9 Å². The lowest BCUT2D eigenvalue weighted by molar-refractivity contribution is -0.898. The second-order valence-electron chi connectivity index (χ2n) is 9.91. The molecule has 16 heteroatoms. The van der Waals surface area contributed by atoms with Crippen LogP contribution in [-0.4, -0.2) is 62.8 Å². The Morgan fingerprint density at radius 3 is 2.77 bits per heavy atom. The second-order valence-corrected chi connectivity index (χ2v) is 9.91. The third-order valence-electron chi connectivity index (χ3n) is 6.36. The maximum atomic E-state index is 13.7. The number of anilines is 3. The Bertz CT molecular complexity index is 1570. The van der Waals surface area contributed by atoms with Crippen LogP contribution < -0.4 is 16.0 Å². The lowest BCUT2D eigenvalue weighted by Crippen LogP contribution is -2.40. The number of amides is 1. The van der Waals surface area contributed by atoms with Gasteiger partial charge in [0.05, 0.1) is 38.1 Å². The number of carbonyl (C=O) groups excluding carboxylic acids is 1. The molecule has 0 spiro atoms. The first-order valence-electron chi connectivity index (χ1n) is 12.0. The smallest absolute Gasteiger partial charge is 0.364 e. The van der Waals surface area contributed by atoms with Gasteiger partial charge < -0.3 is 30.5 Å². The predicted molar refractivity (Wildman–Crippen MR) is 137 cm³/mol. The molecule has 1 amide bonds. The zero-order valence-corrected chi connectivity index (χ0v) is 21.3. The maximum absolute atomic E-state index is 13.7. The molecule has 0 saturated heterocycles. The summed E-state index contributed by atoms with van der Waals surface area (Å²) >= 11 is 0. The molecule has 40 heavy (non-hydrogen) atoms. The molecule has 12 nitrogen and oxygen atoms in total. The lowest BCUT2D eigenvalue weighted by Gasteiger charge is -2.28. The number of rotatable bonds is 8. The first-order valence-corrected chi connectivity index (χ1v) is 12.0. The van der Waals surface area contributed by atoms with Crippen molar-refractivity contribution in [3.63, 3.8) is 0 Å². The highest BCUT2D eigenvalue weighted by Crippen LogP contribution is 2.35. The molecule has 2 aliphatic rings. The third-order valence-corrected chi connectivity index (χ3v) is 6.36. The molecule has 0 unspecified atom stereocenters. The van der Waals surface area contributed by atoms with Crippen molar-refractivity contribution in [2.24, 2.45) is 4.99 Å². The number of likely N-dealkylation sites (N-methyl/N-ethyl adjacent to an activating group) is 1. The van der Waals surface area contributed by atoms with E-state index in [1.54, 1.807) is 10.8 Å². The van der Waals surface area contributed by atoms with E-state index in [4.69, 9.17) is 0 Å². The minimum atomic E-state index is -4.86. The Kier molecular flexibility index (Phi) is 6.57. The Morgan fingerprint density at radius 2 is 2.05 bits per heavy atom. The Balaban J connectivity index is 1.23. The number of pyridine rings is 1. The van der Waals surface area contributed by atoms with E-state index in [0.717, 1.165) is 6.07 Å². The first kappa shape index (κ1) is 26.9. The van der Waals surface area contributed by atoms with Crippen molar-refractivity contribution in [3.8, 4) is 0 Å². The van der Waals surface area contributed by atoms with Crippen LogP contribution in [0.1, 0.15) is 16.8 Å². The van der Waals surface area contributed by atoms with Gasteiger partial charge in [-0.3, -0.25) is 4.79 Å². The van der Waals surface area contributed by atoms with Crippen molar-refractivity contribution in [3.05, 3.63) is 75.4 Å². The lowest BCUT2D eigenvalue weighted by atomic mass is 10.1. The number of nitro groups is 1. The summed E-state index contributed by atoms with van der Waals surface area (Å²) in [5.41, 5.74) is 0.211. The topological polar surface area (TPSA) is 131 Å². The summed E-state index contributed by atoms with van der Waals surface area (Å²) in [4.78, 5) is 31.8. The van der Waals surface area contributed by atoms with Crippen LogP contribution in [0.5, 0.6) is 0 Å². The number of hydrogen-bond acceptors (Lipinski definition) is 7. The molecule has 0 bridgehead atoms. The van der Waals surface area contributed by atoms with E-state index in [2.05, 4.69) is 25.9 Å². The molecular formula is C24H24F4N9O3+. The SMILES string of the molecule is C[N+](C)(C/C=C/C(=O)Nc1cc2c(cn1)NCN=C2Nc1ccc(F)c(C(F)(F)F)c1)Cc1c([N+](=O)[O-])n2n1C2. The van der Waals surface area contributed by atoms with Crippen molar-refractivity contribution in [1.82, 2.24) is 14.3 Å². The van der Waals surface area contributed by atoms with Crippen molar-refractivity contribution >= 4 is 34.8 Å². The number of benzene rings is 1. The van der Waals surface area contributed by atoms with E-state index < -0.39 is 28.4 Å². The van der Waals surface area contributed by atoms with Crippen LogP contribution in [0.15, 0.2) is 47.6 Å². The monoisotopic (exact) mass is 562 g/mol. The highest BCUT2D eigenvalue weighted by Gasteiger charge is 2.45. The maximum Gasteiger partial charge on any atom is 0.419 e. The number of carbonyl (C=O) groups is 1. The highest BCUT2D eigenvalue weighted by atomic mass is 19.4. The number of hydrogen-bond donors (Lipinski definition) is 3. The van der Waals surface area contributed by atoms with Gasteiger partial charge in [-0.1, -0.05) is 0 Å². The summed E-state index contributed by atoms with van der Waals surface area (Å²) in [5.74, 6) is -1.36. The van der Waals surface area contributed by atoms with E-state index in [1.165, 1.54) is 24.4 Å². The molecule has 0 atom stereocenters. The molecule has 0 fully saturated rings. The molecule has 1 aromatic carbocycles. The molecule has 210 valence electrons. The first-order chi connectivity index (χ1) is 18.8. The third kappa shape index (κ3) is 5.51. The fraction of sp³-hybridized carbons (Fsp3) is 0.292. The summed E-state index contributed by atoms with van der Waals surface area (Å²) in [6, 6.07) is 4.05. The van der Waals surface area contributed by atoms with Crippen LogP contribution in [0.2, 0.25) is 0 Å². The van der Waals surface area contributed by atoms with Crippen LogP contribution >= 0.6 is 0 Å². The molecule has 5 rings (SSSR count). The zero-order valence-electron chi connectivity index (χ0n) is 21.3. The molecule has 3 N–H and O–H groups in total. The van der Waals surface area contributed by atoms with Gasteiger partial charge in [0.2, 0.25) is 18.3 Å². The minimum absolute atomic E-state index is 0.0133. The standard InChI is InChI=1S/C24H23F4N9O3/c1-37(2,11-19-23(36(39)40)35-13-34(19)35)7-3-4-21(38)33-20-9-15-18(10-29-20)30-12-31-22(15)32-14-5-6-17(25)16(8-14)24(26,27)28/h3-6,8-10H,7,11-13H2,1-2H3,(H2-,29,30,31,32,33,38)/p+1/b4-3+. The largest absolute Gasteiger partial charge is 0.419 e.